The van der Waals surface area contributed by atoms with Gasteiger partial charge in [-0.05, 0) is 52.4 Å². The summed E-state index contributed by atoms with van der Waals surface area (Å²) in [5.41, 5.74) is 2.62. The number of rotatable bonds is 2. The summed E-state index contributed by atoms with van der Waals surface area (Å²) >= 11 is 3.57. The largest absolute Gasteiger partial charge is 0.305 e. The van der Waals surface area contributed by atoms with E-state index in [1.54, 1.807) is 6.20 Å². The average Bonchev–Trinajstić information content (AvgIpc) is 2.95. The molecule has 0 saturated heterocycles. The number of aromatic nitrogens is 2. The fourth-order valence-electron chi connectivity index (χ4n) is 1.80. The summed E-state index contributed by atoms with van der Waals surface area (Å²) in [5, 5.41) is 0. The van der Waals surface area contributed by atoms with Crippen molar-refractivity contribution in [3.63, 3.8) is 0 Å². The van der Waals surface area contributed by atoms with Crippen LogP contribution in [0.15, 0.2) is 41.4 Å². The van der Waals surface area contributed by atoms with Gasteiger partial charge < -0.3 is 4.57 Å². The first-order valence-electron chi connectivity index (χ1n) is 5.12. The third kappa shape index (κ3) is 1.72. The SMILES string of the molecule is Brc1ccc(C2CC2)cc1-n1ccnc1. The van der Waals surface area contributed by atoms with E-state index >= 15 is 0 Å². The van der Waals surface area contributed by atoms with Gasteiger partial charge in [0.25, 0.3) is 0 Å². The Balaban J connectivity index is 2.08. The molecule has 0 aliphatic heterocycles. The maximum Gasteiger partial charge on any atom is 0.0992 e. The Labute approximate surface area is 97.1 Å². The van der Waals surface area contributed by atoms with Gasteiger partial charge in [0.1, 0.15) is 0 Å². The summed E-state index contributed by atoms with van der Waals surface area (Å²) in [6, 6.07) is 6.59. The summed E-state index contributed by atoms with van der Waals surface area (Å²) in [6.45, 7) is 0. The van der Waals surface area contributed by atoms with Crippen molar-refractivity contribution in [2.24, 2.45) is 0 Å². The second-order valence-corrected chi connectivity index (χ2v) is 4.81. The van der Waals surface area contributed by atoms with Gasteiger partial charge in [-0.1, -0.05) is 6.07 Å². The van der Waals surface area contributed by atoms with Crippen molar-refractivity contribution in [2.75, 3.05) is 0 Å². The first-order chi connectivity index (χ1) is 7.34. The molecule has 0 N–H and O–H groups in total. The fourth-order valence-corrected chi connectivity index (χ4v) is 2.25. The predicted molar refractivity (Wildman–Crippen MR) is 63.2 cm³/mol. The maximum absolute atomic E-state index is 4.07. The summed E-state index contributed by atoms with van der Waals surface area (Å²) in [4.78, 5) is 4.07. The summed E-state index contributed by atoms with van der Waals surface area (Å²) in [6.07, 6.45) is 8.28. The summed E-state index contributed by atoms with van der Waals surface area (Å²) < 4.78 is 3.15. The van der Waals surface area contributed by atoms with Crippen molar-refractivity contribution < 1.29 is 0 Å². The molecule has 76 valence electrons. The zero-order chi connectivity index (χ0) is 10.3. The lowest BCUT2D eigenvalue weighted by Crippen LogP contribution is -1.93. The zero-order valence-corrected chi connectivity index (χ0v) is 9.81. The van der Waals surface area contributed by atoms with Gasteiger partial charge >= 0.3 is 0 Å². The van der Waals surface area contributed by atoms with E-state index in [1.165, 1.54) is 24.1 Å². The van der Waals surface area contributed by atoms with Crippen LogP contribution in [-0.2, 0) is 0 Å². The second kappa shape index (κ2) is 3.49. The molecule has 3 heteroatoms. The van der Waals surface area contributed by atoms with Gasteiger partial charge in [-0.15, -0.1) is 0 Å². The van der Waals surface area contributed by atoms with E-state index in [9.17, 15) is 0 Å². The molecule has 3 rings (SSSR count). The Hall–Kier alpha value is -1.09. The van der Waals surface area contributed by atoms with E-state index in [0.717, 1.165) is 10.4 Å². The van der Waals surface area contributed by atoms with Crippen LogP contribution in [0.25, 0.3) is 5.69 Å². The minimum Gasteiger partial charge on any atom is -0.305 e. The Bertz CT molecular complexity index is 472. The highest BCUT2D eigenvalue weighted by molar-refractivity contribution is 9.10. The number of benzene rings is 1. The number of hydrogen-bond donors (Lipinski definition) is 0. The molecule has 1 aromatic carbocycles. The van der Waals surface area contributed by atoms with Gasteiger partial charge in [-0.2, -0.15) is 0 Å². The molecular weight excluding hydrogens is 252 g/mol. The van der Waals surface area contributed by atoms with Gasteiger partial charge in [-0.25, -0.2) is 4.98 Å². The molecule has 1 heterocycles. The lowest BCUT2D eigenvalue weighted by atomic mass is 10.1. The van der Waals surface area contributed by atoms with Crippen LogP contribution in [0.3, 0.4) is 0 Å². The Morgan fingerprint density at radius 2 is 2.20 bits per heavy atom. The zero-order valence-electron chi connectivity index (χ0n) is 8.23. The van der Waals surface area contributed by atoms with Crippen LogP contribution in [-0.4, -0.2) is 9.55 Å². The minimum absolute atomic E-state index is 0.792. The fraction of sp³-hybridized carbons (Fsp3) is 0.250. The van der Waals surface area contributed by atoms with Gasteiger partial charge in [-0.3, -0.25) is 0 Å². The average molecular weight is 263 g/mol. The molecule has 1 saturated carbocycles. The Morgan fingerprint density at radius 1 is 1.33 bits per heavy atom. The van der Waals surface area contributed by atoms with Crippen LogP contribution in [0.1, 0.15) is 24.3 Å². The van der Waals surface area contributed by atoms with E-state index in [-0.39, 0.29) is 0 Å². The molecule has 0 unspecified atom stereocenters. The molecule has 0 amide bonds. The molecule has 0 bridgehead atoms. The molecule has 1 aromatic heterocycles. The van der Waals surface area contributed by atoms with Crippen LogP contribution in [0.5, 0.6) is 0 Å². The van der Waals surface area contributed by atoms with Crippen molar-refractivity contribution >= 4 is 15.9 Å². The molecule has 15 heavy (non-hydrogen) atoms. The molecule has 0 spiro atoms. The molecule has 1 aliphatic carbocycles. The highest BCUT2D eigenvalue weighted by Gasteiger charge is 2.24. The monoisotopic (exact) mass is 262 g/mol. The van der Waals surface area contributed by atoms with Crippen molar-refractivity contribution in [1.29, 1.82) is 0 Å². The van der Waals surface area contributed by atoms with Crippen LogP contribution < -0.4 is 0 Å². The smallest absolute Gasteiger partial charge is 0.0992 e. The van der Waals surface area contributed by atoms with E-state index < -0.39 is 0 Å². The number of nitrogens with zero attached hydrogens (tertiary/aromatic N) is 2. The van der Waals surface area contributed by atoms with E-state index in [2.05, 4.69) is 39.1 Å². The quantitative estimate of drug-likeness (QED) is 0.810. The summed E-state index contributed by atoms with van der Waals surface area (Å²) in [5.74, 6) is 0.792. The van der Waals surface area contributed by atoms with Crippen molar-refractivity contribution in [1.82, 2.24) is 9.55 Å². The molecule has 0 radical (unpaired) electrons. The van der Waals surface area contributed by atoms with Crippen LogP contribution in [0.2, 0.25) is 0 Å². The standard InChI is InChI=1S/C12H11BrN2/c13-11-4-3-10(9-1-2-9)7-12(11)15-6-5-14-8-15/h3-9H,1-2H2. The molecule has 0 atom stereocenters. The van der Waals surface area contributed by atoms with Gasteiger partial charge in [0.05, 0.1) is 12.0 Å². The minimum atomic E-state index is 0.792. The first kappa shape index (κ1) is 9.16. The van der Waals surface area contributed by atoms with E-state index in [0.29, 0.717) is 0 Å². The Kier molecular flexibility index (Phi) is 2.13. The van der Waals surface area contributed by atoms with Crippen LogP contribution in [0.4, 0.5) is 0 Å². The lowest BCUT2D eigenvalue weighted by molar-refractivity contribution is 1.03. The predicted octanol–water partition coefficient (Wildman–Crippen LogP) is 3.51. The maximum atomic E-state index is 4.07. The van der Waals surface area contributed by atoms with Gasteiger partial charge in [0.2, 0.25) is 0 Å². The van der Waals surface area contributed by atoms with Crippen molar-refractivity contribution in [2.45, 2.75) is 18.8 Å². The molecular formula is C12H11BrN2. The third-order valence-corrected chi connectivity index (χ3v) is 3.47. The van der Waals surface area contributed by atoms with E-state index in [4.69, 9.17) is 0 Å². The molecule has 2 aromatic rings. The lowest BCUT2D eigenvalue weighted by Gasteiger charge is -2.07. The van der Waals surface area contributed by atoms with Crippen LogP contribution >= 0.6 is 15.9 Å². The number of imidazole rings is 1. The number of hydrogen-bond acceptors (Lipinski definition) is 1. The highest BCUT2D eigenvalue weighted by atomic mass is 79.9. The Morgan fingerprint density at radius 3 is 2.87 bits per heavy atom. The topological polar surface area (TPSA) is 17.8 Å². The second-order valence-electron chi connectivity index (χ2n) is 3.96. The normalized spacial score (nSPS) is 15.5. The molecule has 1 fully saturated rings. The van der Waals surface area contributed by atoms with Crippen molar-refractivity contribution in [3.8, 4) is 5.69 Å². The molecule has 2 nitrogen and oxygen atoms in total. The first-order valence-corrected chi connectivity index (χ1v) is 5.91. The van der Waals surface area contributed by atoms with Crippen LogP contribution in [0, 0.1) is 0 Å². The van der Waals surface area contributed by atoms with E-state index in [1.807, 2.05) is 17.1 Å². The summed E-state index contributed by atoms with van der Waals surface area (Å²) in [7, 11) is 0. The number of halogens is 1. The highest BCUT2D eigenvalue weighted by Crippen LogP contribution is 2.41. The van der Waals surface area contributed by atoms with Gasteiger partial charge in [0.15, 0.2) is 0 Å². The molecule has 1 aliphatic rings. The van der Waals surface area contributed by atoms with Crippen molar-refractivity contribution in [3.05, 3.63) is 47.0 Å². The van der Waals surface area contributed by atoms with Gasteiger partial charge in [0, 0.05) is 16.9 Å². The third-order valence-electron chi connectivity index (χ3n) is 2.80.